The molecule has 0 aliphatic carbocycles. The van der Waals surface area contributed by atoms with E-state index in [1.807, 2.05) is 0 Å². The Kier molecular flexibility index (Phi) is 3.71. The Bertz CT molecular complexity index is 617. The Hall–Kier alpha value is -1.31. The lowest BCUT2D eigenvalue weighted by atomic mass is 10.2. The van der Waals surface area contributed by atoms with E-state index in [1.54, 1.807) is 18.2 Å². The molecule has 0 radical (unpaired) electrons. The minimum absolute atomic E-state index is 0.00830. The number of carbonyl (C=O) groups excluding carboxylic acids is 1. The largest absolute Gasteiger partial charge is 0.495 e. The van der Waals surface area contributed by atoms with Crippen LogP contribution in [-0.2, 0) is 14.8 Å². The first kappa shape index (κ1) is 14.1. The standard InChI is InChI=1S/C11H13ClN2O4S/c1-18-10-3-2-7(12)4-9(10)14-6-8(5-11(14)15)19(13,16)17/h2-4,8H,5-6H2,1H3,(H2,13,16,17). The zero-order valence-corrected chi connectivity index (χ0v) is 11.7. The van der Waals surface area contributed by atoms with Crippen molar-refractivity contribution in [2.45, 2.75) is 11.7 Å². The molecule has 0 aromatic heterocycles. The molecule has 1 fully saturated rings. The Morgan fingerprint density at radius 2 is 2.16 bits per heavy atom. The first-order chi connectivity index (χ1) is 8.82. The number of carbonyl (C=O) groups is 1. The van der Waals surface area contributed by atoms with E-state index in [-0.39, 0.29) is 18.9 Å². The monoisotopic (exact) mass is 304 g/mol. The zero-order chi connectivity index (χ0) is 14.2. The number of methoxy groups -OCH3 is 1. The van der Waals surface area contributed by atoms with Crippen molar-refractivity contribution in [1.29, 1.82) is 0 Å². The van der Waals surface area contributed by atoms with Crippen molar-refractivity contribution < 1.29 is 17.9 Å². The number of nitrogens with two attached hydrogens (primary N) is 1. The summed E-state index contributed by atoms with van der Waals surface area (Å²) in [6.07, 6.45) is -0.130. The molecule has 2 N–H and O–H groups in total. The lowest BCUT2D eigenvalue weighted by Crippen LogP contribution is -2.32. The van der Waals surface area contributed by atoms with Crippen molar-refractivity contribution in [2.24, 2.45) is 5.14 Å². The summed E-state index contributed by atoms with van der Waals surface area (Å²) in [7, 11) is -2.28. The second-order valence-corrected chi connectivity index (χ2v) is 6.52. The Morgan fingerprint density at radius 3 is 2.68 bits per heavy atom. The number of halogens is 1. The highest BCUT2D eigenvalue weighted by molar-refractivity contribution is 7.89. The van der Waals surface area contributed by atoms with Crippen LogP contribution in [0.5, 0.6) is 5.75 Å². The number of anilines is 1. The van der Waals surface area contributed by atoms with Gasteiger partial charge in [0, 0.05) is 18.0 Å². The molecular formula is C11H13ClN2O4S. The smallest absolute Gasteiger partial charge is 0.228 e. The van der Waals surface area contributed by atoms with Gasteiger partial charge in [0.2, 0.25) is 15.9 Å². The molecule has 1 aliphatic heterocycles. The van der Waals surface area contributed by atoms with Gasteiger partial charge in [-0.3, -0.25) is 4.79 Å². The minimum atomic E-state index is -3.74. The third-order valence-corrected chi connectivity index (χ3v) is 4.47. The van der Waals surface area contributed by atoms with Crippen LogP contribution in [0.25, 0.3) is 0 Å². The van der Waals surface area contributed by atoms with Gasteiger partial charge in [-0.25, -0.2) is 13.6 Å². The molecule has 1 saturated heterocycles. The van der Waals surface area contributed by atoms with Crippen molar-refractivity contribution >= 4 is 33.2 Å². The van der Waals surface area contributed by atoms with Gasteiger partial charge in [-0.1, -0.05) is 11.6 Å². The maximum atomic E-state index is 11.9. The molecule has 1 aromatic rings. The van der Waals surface area contributed by atoms with E-state index in [0.717, 1.165) is 0 Å². The molecule has 0 spiro atoms. The second kappa shape index (κ2) is 4.99. The molecule has 1 heterocycles. The number of nitrogens with zero attached hydrogens (tertiary/aromatic N) is 1. The van der Waals surface area contributed by atoms with Gasteiger partial charge >= 0.3 is 0 Å². The first-order valence-corrected chi connectivity index (χ1v) is 7.47. The van der Waals surface area contributed by atoms with Crippen molar-refractivity contribution in [3.63, 3.8) is 0 Å². The number of primary sulfonamides is 1. The molecule has 1 unspecified atom stereocenters. The van der Waals surface area contributed by atoms with Crippen LogP contribution in [0.4, 0.5) is 5.69 Å². The molecule has 19 heavy (non-hydrogen) atoms. The molecule has 1 aromatic carbocycles. The van der Waals surface area contributed by atoms with E-state index in [0.29, 0.717) is 16.5 Å². The SMILES string of the molecule is COc1ccc(Cl)cc1N1CC(S(N)(=O)=O)CC1=O. The number of benzene rings is 1. The van der Waals surface area contributed by atoms with Crippen LogP contribution in [0.2, 0.25) is 5.02 Å². The Labute approximate surface area is 116 Å². The molecule has 6 nitrogen and oxygen atoms in total. The molecule has 0 bridgehead atoms. The molecule has 0 saturated carbocycles. The fourth-order valence-electron chi connectivity index (χ4n) is 2.00. The van der Waals surface area contributed by atoms with E-state index in [9.17, 15) is 13.2 Å². The van der Waals surface area contributed by atoms with Gasteiger partial charge in [0.25, 0.3) is 0 Å². The lowest BCUT2D eigenvalue weighted by Gasteiger charge is -2.19. The average molecular weight is 305 g/mol. The fraction of sp³-hybridized carbons (Fsp3) is 0.364. The van der Waals surface area contributed by atoms with Crippen LogP contribution in [-0.4, -0.2) is 33.2 Å². The highest BCUT2D eigenvalue weighted by atomic mass is 35.5. The molecular weight excluding hydrogens is 292 g/mol. The van der Waals surface area contributed by atoms with Gasteiger partial charge < -0.3 is 9.64 Å². The van der Waals surface area contributed by atoms with Crippen molar-refractivity contribution in [3.05, 3.63) is 23.2 Å². The van der Waals surface area contributed by atoms with E-state index >= 15 is 0 Å². The summed E-state index contributed by atoms with van der Waals surface area (Å²) in [6.45, 7) is 0.00830. The lowest BCUT2D eigenvalue weighted by molar-refractivity contribution is -0.117. The second-order valence-electron chi connectivity index (χ2n) is 4.24. The summed E-state index contributed by atoms with van der Waals surface area (Å²) in [5.41, 5.74) is 0.450. The molecule has 1 atom stereocenters. The van der Waals surface area contributed by atoms with Crippen molar-refractivity contribution in [1.82, 2.24) is 0 Å². The Morgan fingerprint density at radius 1 is 1.47 bits per heavy atom. The van der Waals surface area contributed by atoms with Crippen LogP contribution in [0.1, 0.15) is 6.42 Å². The number of hydrogen-bond acceptors (Lipinski definition) is 4. The quantitative estimate of drug-likeness (QED) is 0.892. The third kappa shape index (κ3) is 2.83. The molecule has 104 valence electrons. The van der Waals surface area contributed by atoms with Gasteiger partial charge in [-0.2, -0.15) is 0 Å². The van der Waals surface area contributed by atoms with Crippen molar-refractivity contribution in [3.8, 4) is 5.75 Å². The van der Waals surface area contributed by atoms with Gasteiger partial charge in [0.15, 0.2) is 0 Å². The number of ether oxygens (including phenoxy) is 1. The van der Waals surface area contributed by atoms with Gasteiger partial charge in [0.1, 0.15) is 11.0 Å². The highest BCUT2D eigenvalue weighted by Gasteiger charge is 2.38. The maximum absolute atomic E-state index is 11.9. The Balaban J connectivity index is 2.38. The number of sulfonamides is 1. The summed E-state index contributed by atoms with van der Waals surface area (Å²) >= 11 is 5.89. The van der Waals surface area contributed by atoms with Crippen LogP contribution in [0.15, 0.2) is 18.2 Å². The molecule has 2 rings (SSSR count). The number of amides is 1. The first-order valence-electron chi connectivity index (χ1n) is 5.48. The number of hydrogen-bond donors (Lipinski definition) is 1. The topological polar surface area (TPSA) is 89.7 Å². The van der Waals surface area contributed by atoms with Gasteiger partial charge in [-0.15, -0.1) is 0 Å². The fourth-order valence-corrected chi connectivity index (χ4v) is 2.90. The van der Waals surface area contributed by atoms with Crippen LogP contribution in [0, 0.1) is 0 Å². The molecule has 1 amide bonds. The minimum Gasteiger partial charge on any atom is -0.495 e. The van der Waals surface area contributed by atoms with Crippen LogP contribution >= 0.6 is 11.6 Å². The normalized spacial score (nSPS) is 19.8. The zero-order valence-electron chi connectivity index (χ0n) is 10.2. The van der Waals surface area contributed by atoms with E-state index in [1.165, 1.54) is 12.0 Å². The summed E-state index contributed by atoms with van der Waals surface area (Å²) < 4.78 is 27.8. The van der Waals surface area contributed by atoms with E-state index < -0.39 is 15.3 Å². The predicted molar refractivity (Wildman–Crippen MR) is 71.9 cm³/mol. The predicted octanol–water partition coefficient (Wildman–Crippen LogP) is 0.742. The average Bonchev–Trinajstić information content (AvgIpc) is 2.71. The summed E-state index contributed by atoms with van der Waals surface area (Å²) in [6, 6.07) is 4.81. The van der Waals surface area contributed by atoms with Crippen molar-refractivity contribution in [2.75, 3.05) is 18.6 Å². The van der Waals surface area contributed by atoms with Gasteiger partial charge in [-0.05, 0) is 18.2 Å². The van der Waals surface area contributed by atoms with E-state index in [2.05, 4.69) is 0 Å². The van der Waals surface area contributed by atoms with Gasteiger partial charge in [0.05, 0.1) is 12.8 Å². The summed E-state index contributed by atoms with van der Waals surface area (Å²) in [5.74, 6) is 0.132. The number of rotatable bonds is 3. The maximum Gasteiger partial charge on any atom is 0.228 e. The highest BCUT2D eigenvalue weighted by Crippen LogP contribution is 2.34. The van der Waals surface area contributed by atoms with Crippen LogP contribution < -0.4 is 14.8 Å². The summed E-state index contributed by atoms with van der Waals surface area (Å²) in [4.78, 5) is 13.3. The molecule has 8 heteroatoms. The third-order valence-electron chi connectivity index (χ3n) is 2.99. The molecule has 1 aliphatic rings. The summed E-state index contributed by atoms with van der Waals surface area (Å²) in [5, 5.41) is 4.61. The van der Waals surface area contributed by atoms with Crippen LogP contribution in [0.3, 0.4) is 0 Å². The van der Waals surface area contributed by atoms with E-state index in [4.69, 9.17) is 21.5 Å².